The van der Waals surface area contributed by atoms with E-state index in [2.05, 4.69) is 32.5 Å². The van der Waals surface area contributed by atoms with Crippen molar-refractivity contribution in [1.29, 1.82) is 0 Å². The number of hydrogen-bond acceptors (Lipinski definition) is 10. The van der Waals surface area contributed by atoms with Gasteiger partial charge in [-0.05, 0) is 69.2 Å². The summed E-state index contributed by atoms with van der Waals surface area (Å²) in [6.45, 7) is 12.9. The number of carbonyl (C=O) groups excluding carboxylic acids is 2. The first-order valence-electron chi connectivity index (χ1n) is 17.9. The fourth-order valence-electron chi connectivity index (χ4n) is 6.41. The Kier molecular flexibility index (Phi) is 11.1. The van der Waals surface area contributed by atoms with Crippen LogP contribution in [0.3, 0.4) is 0 Å². The van der Waals surface area contributed by atoms with Crippen molar-refractivity contribution >= 4 is 59.3 Å². The Balaban J connectivity index is 0.000000180. The van der Waals surface area contributed by atoms with Gasteiger partial charge in [-0.3, -0.25) is 19.6 Å². The second-order valence-electron chi connectivity index (χ2n) is 12.7. The molecule has 0 saturated carbocycles. The maximum atomic E-state index is 13.0. The van der Waals surface area contributed by atoms with Gasteiger partial charge in [-0.2, -0.15) is 13.2 Å². The number of halogens is 4. The summed E-state index contributed by atoms with van der Waals surface area (Å²) < 4.78 is 63.1. The fraction of sp³-hybridized carbons (Fsp3) is 0.333. The number of fused-ring (bicyclic) bond motifs is 6. The summed E-state index contributed by atoms with van der Waals surface area (Å²) in [6.07, 6.45) is 0.576. The van der Waals surface area contributed by atoms with Crippen LogP contribution in [0.25, 0.3) is 0 Å². The molecule has 288 valence electrons. The first-order chi connectivity index (χ1) is 26.3. The van der Waals surface area contributed by atoms with Crippen LogP contribution in [0, 0.1) is 19.7 Å². The van der Waals surface area contributed by atoms with Crippen LogP contribution in [0.2, 0.25) is 0 Å². The lowest BCUT2D eigenvalue weighted by atomic mass is 10.1. The van der Waals surface area contributed by atoms with Gasteiger partial charge in [0.15, 0.2) is 0 Å². The van der Waals surface area contributed by atoms with E-state index in [0.717, 1.165) is 37.4 Å². The molecule has 2 aromatic heterocycles. The number of nitrogens with one attached hydrogen (secondary N) is 2. The van der Waals surface area contributed by atoms with Crippen molar-refractivity contribution in [3.8, 4) is 0 Å². The minimum atomic E-state index is -4.49. The molecule has 2 amide bonds. The van der Waals surface area contributed by atoms with Crippen molar-refractivity contribution in [1.82, 2.24) is 9.80 Å². The van der Waals surface area contributed by atoms with Crippen LogP contribution in [0.15, 0.2) is 77.3 Å². The summed E-state index contributed by atoms with van der Waals surface area (Å²) in [5, 5.41) is 5.31. The fourth-order valence-corrected chi connectivity index (χ4v) is 6.41. The van der Waals surface area contributed by atoms with Crippen molar-refractivity contribution < 1.29 is 36.0 Å². The molecule has 16 heteroatoms. The second-order valence-corrected chi connectivity index (χ2v) is 12.7. The zero-order chi connectivity index (χ0) is 39.6. The van der Waals surface area contributed by atoms with Gasteiger partial charge in [0.05, 0.1) is 39.9 Å². The minimum absolute atomic E-state index is 0.0464. The van der Waals surface area contributed by atoms with Crippen LogP contribution in [0.4, 0.5) is 40.7 Å². The predicted molar refractivity (Wildman–Crippen MR) is 203 cm³/mol. The molecule has 0 spiro atoms. The highest BCUT2D eigenvalue weighted by atomic mass is 19.4. The maximum absolute atomic E-state index is 13.0. The van der Waals surface area contributed by atoms with Gasteiger partial charge in [0, 0.05) is 24.5 Å². The Morgan fingerprint density at radius 2 is 1.24 bits per heavy atom. The SMILES string of the molecule is CC.CCC1CN2C=Nc3oc(C)c(C(=O)Nc4ccc(F)cc4)c3C2=N1.CCC1CN2C=Nc3oc(C)c(C(=O)Nc4cccc(C(F)(F)F)c4)c3C2=N1. The lowest BCUT2D eigenvalue weighted by Crippen LogP contribution is -2.31. The molecule has 0 radical (unpaired) electrons. The van der Waals surface area contributed by atoms with E-state index < -0.39 is 17.6 Å². The normalized spacial score (nSPS) is 17.4. The number of carbonyl (C=O) groups is 2. The third-order valence-electron chi connectivity index (χ3n) is 9.12. The summed E-state index contributed by atoms with van der Waals surface area (Å²) in [5.41, 5.74) is 1.46. The molecule has 55 heavy (non-hydrogen) atoms. The number of alkyl halides is 3. The topological polar surface area (TPSA) is 140 Å². The predicted octanol–water partition coefficient (Wildman–Crippen LogP) is 8.89. The number of hydrogen-bond donors (Lipinski definition) is 2. The summed E-state index contributed by atoms with van der Waals surface area (Å²) in [4.78, 5) is 47.4. The molecule has 2 aromatic carbocycles. The maximum Gasteiger partial charge on any atom is 0.416 e. The smallest absolute Gasteiger partial charge is 0.416 e. The van der Waals surface area contributed by atoms with E-state index in [4.69, 9.17) is 13.8 Å². The summed E-state index contributed by atoms with van der Waals surface area (Å²) in [7, 11) is 0. The van der Waals surface area contributed by atoms with E-state index >= 15 is 0 Å². The molecule has 2 N–H and O–H groups in total. The highest BCUT2D eigenvalue weighted by Crippen LogP contribution is 2.38. The number of nitrogens with zero attached hydrogens (tertiary/aromatic N) is 6. The monoisotopic (exact) mass is 760 g/mol. The molecule has 12 nitrogen and oxygen atoms in total. The van der Waals surface area contributed by atoms with Gasteiger partial charge in [-0.1, -0.05) is 33.8 Å². The zero-order valence-corrected chi connectivity index (χ0v) is 31.1. The molecular formula is C39H40F4N8O4. The lowest BCUT2D eigenvalue weighted by molar-refractivity contribution is -0.137. The Bertz CT molecular complexity index is 2220. The lowest BCUT2D eigenvalue weighted by Gasteiger charge is -2.18. The van der Waals surface area contributed by atoms with E-state index in [9.17, 15) is 27.2 Å². The van der Waals surface area contributed by atoms with Crippen LogP contribution in [-0.4, -0.2) is 71.1 Å². The van der Waals surface area contributed by atoms with E-state index in [0.29, 0.717) is 52.2 Å². The number of benzene rings is 2. The summed E-state index contributed by atoms with van der Waals surface area (Å²) in [5.74, 6) is 1.55. The molecule has 2 atom stereocenters. The number of furan rings is 2. The van der Waals surface area contributed by atoms with E-state index in [1.807, 2.05) is 30.6 Å². The Morgan fingerprint density at radius 1 is 0.764 bits per heavy atom. The van der Waals surface area contributed by atoms with Crippen LogP contribution in [0.1, 0.15) is 89.5 Å². The van der Waals surface area contributed by atoms with E-state index in [-0.39, 0.29) is 40.9 Å². The average Bonchev–Trinajstić information content (AvgIpc) is 3.94. The van der Waals surface area contributed by atoms with Crippen molar-refractivity contribution in [3.63, 3.8) is 0 Å². The first kappa shape index (κ1) is 38.7. The van der Waals surface area contributed by atoms with Gasteiger partial charge in [-0.15, -0.1) is 0 Å². The number of anilines is 2. The Labute approximate surface area is 314 Å². The molecule has 8 rings (SSSR count). The van der Waals surface area contributed by atoms with Gasteiger partial charge in [0.25, 0.3) is 11.8 Å². The van der Waals surface area contributed by atoms with Crippen LogP contribution < -0.4 is 10.6 Å². The molecule has 0 saturated heterocycles. The largest absolute Gasteiger partial charge is 0.442 e. The molecule has 4 aliphatic heterocycles. The number of aryl methyl sites for hydroxylation is 2. The van der Waals surface area contributed by atoms with Gasteiger partial charge in [-0.25, -0.2) is 14.4 Å². The number of aliphatic imine (C=N–C) groups is 4. The number of amides is 2. The van der Waals surface area contributed by atoms with Crippen molar-refractivity contribution in [2.75, 3.05) is 23.7 Å². The zero-order valence-electron chi connectivity index (χ0n) is 31.1. The standard InChI is InChI=1S/C19H17F3N4O2.C18H17FN4O2.C2H6/c1-3-12-8-26-9-23-18-15(16(26)24-12)14(10(2)28-18)17(27)25-13-6-4-5-11(7-13)19(20,21)22;1-3-12-8-23-9-20-18-15(16(23)21-12)14(10(2)25-18)17(24)22-13-6-4-11(19)5-7-13;1-2/h4-7,9,12H,3,8H2,1-2H3,(H,25,27);4-7,9,12H,3,8H2,1-2H3,(H,22,24);1-2H3. The van der Waals surface area contributed by atoms with Crippen molar-refractivity contribution in [2.45, 2.75) is 72.6 Å². The Morgan fingerprint density at radius 3 is 1.69 bits per heavy atom. The van der Waals surface area contributed by atoms with Crippen molar-refractivity contribution in [3.05, 3.63) is 93.7 Å². The van der Waals surface area contributed by atoms with Gasteiger partial charge in [0.1, 0.15) is 41.7 Å². The number of rotatable bonds is 6. The first-order valence-corrected chi connectivity index (χ1v) is 17.9. The molecule has 0 bridgehead atoms. The quantitative estimate of drug-likeness (QED) is 0.188. The minimum Gasteiger partial charge on any atom is -0.442 e. The second kappa shape index (κ2) is 15.7. The highest BCUT2D eigenvalue weighted by Gasteiger charge is 2.38. The molecule has 0 fully saturated rings. The molecule has 4 aromatic rings. The van der Waals surface area contributed by atoms with Crippen molar-refractivity contribution in [2.24, 2.45) is 20.0 Å². The van der Waals surface area contributed by atoms with Gasteiger partial charge in [0.2, 0.25) is 11.8 Å². The van der Waals surface area contributed by atoms with E-state index in [1.54, 1.807) is 26.5 Å². The number of amidine groups is 2. The van der Waals surface area contributed by atoms with Crippen LogP contribution >= 0.6 is 0 Å². The van der Waals surface area contributed by atoms with Crippen LogP contribution in [-0.2, 0) is 6.18 Å². The molecule has 0 aliphatic carbocycles. The molecular weight excluding hydrogens is 720 g/mol. The Hall–Kier alpha value is -6.06. The van der Waals surface area contributed by atoms with Gasteiger partial charge >= 0.3 is 6.18 Å². The third kappa shape index (κ3) is 7.79. The highest BCUT2D eigenvalue weighted by molar-refractivity contribution is 6.21. The molecule has 2 unspecified atom stereocenters. The van der Waals surface area contributed by atoms with Crippen LogP contribution in [0.5, 0.6) is 0 Å². The summed E-state index contributed by atoms with van der Waals surface area (Å²) in [6, 6.07) is 10.4. The van der Waals surface area contributed by atoms with Gasteiger partial charge < -0.3 is 29.3 Å². The molecule has 6 heterocycles. The average molecular weight is 761 g/mol. The van der Waals surface area contributed by atoms with E-state index in [1.165, 1.54) is 36.4 Å². The molecule has 4 aliphatic rings. The third-order valence-corrected chi connectivity index (χ3v) is 9.12. The summed E-state index contributed by atoms with van der Waals surface area (Å²) >= 11 is 0.